The Hall–Kier alpha value is -1.07. The first-order chi connectivity index (χ1) is 10.8. The Bertz CT molecular complexity index is 771. The van der Waals surface area contributed by atoms with E-state index in [9.17, 15) is 4.79 Å². The van der Waals surface area contributed by atoms with Crippen molar-refractivity contribution in [2.45, 2.75) is 35.4 Å². The molecule has 2 aromatic rings. The molecule has 0 amide bonds. The van der Waals surface area contributed by atoms with Crippen molar-refractivity contribution in [3.8, 4) is 0 Å². The Kier molecular flexibility index (Phi) is 2.87. The summed E-state index contributed by atoms with van der Waals surface area (Å²) in [5, 5.41) is 0.573. The molecule has 3 nitrogen and oxygen atoms in total. The highest BCUT2D eigenvalue weighted by atomic mass is 32.2. The van der Waals surface area contributed by atoms with E-state index in [4.69, 9.17) is 4.74 Å². The molecule has 114 valence electrons. The number of ether oxygens (including phenoxy) is 1. The Morgan fingerprint density at radius 2 is 2.23 bits per heavy atom. The topological polar surface area (TPSA) is 30.2 Å². The quantitative estimate of drug-likeness (QED) is 0.623. The van der Waals surface area contributed by atoms with Crippen LogP contribution in [0.3, 0.4) is 0 Å². The van der Waals surface area contributed by atoms with E-state index < -0.39 is 0 Å². The largest absolute Gasteiger partial charge is 0.466 e. The van der Waals surface area contributed by atoms with Crippen molar-refractivity contribution in [3.05, 3.63) is 24.3 Å². The van der Waals surface area contributed by atoms with E-state index in [1.165, 1.54) is 21.0 Å². The van der Waals surface area contributed by atoms with Crippen molar-refractivity contribution in [1.29, 1.82) is 0 Å². The first-order valence-electron chi connectivity index (χ1n) is 8.04. The molecule has 3 aliphatic rings. The van der Waals surface area contributed by atoms with Gasteiger partial charge in [0, 0.05) is 12.0 Å². The Morgan fingerprint density at radius 1 is 1.36 bits per heavy atom. The SMILES string of the molecule is CCOC(=O)[C@H]1C[C@@H]2C[C@@H]1[C@H]1Sc3sc4ccccc4[n+]3[C@H]21. The van der Waals surface area contributed by atoms with Crippen LogP contribution in [0.25, 0.3) is 10.2 Å². The second-order valence-electron chi connectivity index (χ2n) is 6.53. The molecule has 1 aromatic heterocycles. The lowest BCUT2D eigenvalue weighted by molar-refractivity contribution is -0.726. The van der Waals surface area contributed by atoms with Gasteiger partial charge in [0.2, 0.25) is 5.52 Å². The van der Waals surface area contributed by atoms with Gasteiger partial charge in [0.05, 0.1) is 17.8 Å². The molecule has 5 rings (SSSR count). The van der Waals surface area contributed by atoms with Crippen molar-refractivity contribution in [2.24, 2.45) is 17.8 Å². The molecule has 0 saturated heterocycles. The van der Waals surface area contributed by atoms with Gasteiger partial charge in [0.25, 0.3) is 4.34 Å². The van der Waals surface area contributed by atoms with Crippen molar-refractivity contribution in [1.82, 2.24) is 0 Å². The maximum Gasteiger partial charge on any atom is 0.309 e. The molecular weight excluding hydrogens is 314 g/mol. The lowest BCUT2D eigenvalue weighted by Crippen LogP contribution is -2.45. The fourth-order valence-electron chi connectivity index (χ4n) is 4.77. The summed E-state index contributed by atoms with van der Waals surface area (Å²) in [5.41, 5.74) is 1.38. The minimum atomic E-state index is 0.0409. The van der Waals surface area contributed by atoms with Gasteiger partial charge in [-0.3, -0.25) is 4.79 Å². The van der Waals surface area contributed by atoms with Crippen LogP contribution in [0.1, 0.15) is 25.8 Å². The monoisotopic (exact) mass is 332 g/mol. The highest BCUT2D eigenvalue weighted by molar-refractivity contribution is 8.01. The van der Waals surface area contributed by atoms with Crippen molar-refractivity contribution < 1.29 is 14.1 Å². The molecule has 5 heteroatoms. The standard InChI is InChI=1S/C17H18NO2S2/c1-2-20-16(19)11-8-9-7-10(11)15-14(9)18-12-5-3-4-6-13(12)21-17(18)22-15/h3-6,9-11,14-15H,2,7-8H2,1H3/q+1/t9-,10-,11-,14+,15+/m0/s1. The third kappa shape index (κ3) is 1.64. The number of aromatic nitrogens is 1. The van der Waals surface area contributed by atoms with Gasteiger partial charge in [-0.05, 0) is 43.5 Å². The van der Waals surface area contributed by atoms with Crippen LogP contribution in [-0.4, -0.2) is 17.8 Å². The predicted molar refractivity (Wildman–Crippen MR) is 87.0 cm³/mol. The molecule has 0 N–H and O–H groups in total. The van der Waals surface area contributed by atoms with Gasteiger partial charge in [0.1, 0.15) is 4.70 Å². The zero-order valence-electron chi connectivity index (χ0n) is 12.4. The van der Waals surface area contributed by atoms with E-state index in [-0.39, 0.29) is 11.9 Å². The second-order valence-corrected chi connectivity index (χ2v) is 8.99. The predicted octanol–water partition coefficient (Wildman–Crippen LogP) is 3.42. The van der Waals surface area contributed by atoms with Crippen LogP contribution < -0.4 is 4.57 Å². The Balaban J connectivity index is 1.52. The molecule has 2 aliphatic carbocycles. The minimum absolute atomic E-state index is 0.0409. The number of para-hydroxylation sites is 1. The number of carbonyl (C=O) groups excluding carboxylic acids is 1. The number of thioether (sulfide) groups is 1. The van der Waals surface area contributed by atoms with E-state index in [0.29, 0.717) is 29.7 Å². The number of esters is 1. The summed E-state index contributed by atoms with van der Waals surface area (Å²) in [6, 6.07) is 9.30. The van der Waals surface area contributed by atoms with Crippen LogP contribution in [-0.2, 0) is 9.53 Å². The van der Waals surface area contributed by atoms with Gasteiger partial charge in [0.15, 0.2) is 6.04 Å². The smallest absolute Gasteiger partial charge is 0.309 e. The Morgan fingerprint density at radius 3 is 3.09 bits per heavy atom. The molecule has 0 spiro atoms. The summed E-state index contributed by atoms with van der Waals surface area (Å²) in [6.07, 6.45) is 2.21. The number of hydrogen-bond donors (Lipinski definition) is 0. The molecule has 0 unspecified atom stereocenters. The molecule has 0 radical (unpaired) electrons. The summed E-state index contributed by atoms with van der Waals surface area (Å²) in [6.45, 7) is 2.40. The highest BCUT2D eigenvalue weighted by Crippen LogP contribution is 2.61. The molecule has 2 heterocycles. The van der Waals surface area contributed by atoms with E-state index >= 15 is 0 Å². The van der Waals surface area contributed by atoms with Crippen LogP contribution in [0.5, 0.6) is 0 Å². The summed E-state index contributed by atoms with van der Waals surface area (Å²) >= 11 is 3.91. The third-order valence-electron chi connectivity index (χ3n) is 5.53. The molecule has 2 saturated carbocycles. The molecule has 1 aromatic carbocycles. The van der Waals surface area contributed by atoms with Crippen molar-refractivity contribution >= 4 is 39.3 Å². The van der Waals surface area contributed by atoms with E-state index in [1.807, 2.05) is 30.0 Å². The lowest BCUT2D eigenvalue weighted by Gasteiger charge is -2.26. The number of rotatable bonds is 2. The van der Waals surface area contributed by atoms with Gasteiger partial charge in [-0.25, -0.2) is 0 Å². The van der Waals surface area contributed by atoms with Crippen LogP contribution in [0.15, 0.2) is 28.6 Å². The first-order valence-corrected chi connectivity index (χ1v) is 9.74. The van der Waals surface area contributed by atoms with Crippen molar-refractivity contribution in [2.75, 3.05) is 6.61 Å². The average molecular weight is 332 g/mol. The first kappa shape index (κ1) is 13.4. The van der Waals surface area contributed by atoms with Crippen LogP contribution in [0.2, 0.25) is 0 Å². The van der Waals surface area contributed by atoms with Gasteiger partial charge in [-0.1, -0.05) is 23.5 Å². The fourth-order valence-corrected chi connectivity index (χ4v) is 8.02. The summed E-state index contributed by atoms with van der Waals surface area (Å²) in [4.78, 5) is 12.2. The van der Waals surface area contributed by atoms with Gasteiger partial charge in [-0.15, -0.1) is 0 Å². The fraction of sp³-hybridized carbons (Fsp3) is 0.529. The van der Waals surface area contributed by atoms with Crippen LogP contribution >= 0.6 is 23.1 Å². The molecule has 1 aliphatic heterocycles. The molecule has 2 fully saturated rings. The van der Waals surface area contributed by atoms with E-state index in [0.717, 1.165) is 6.42 Å². The molecule has 5 atom stereocenters. The van der Waals surface area contributed by atoms with E-state index in [1.54, 1.807) is 0 Å². The molecular formula is C17H18NO2S2+. The minimum Gasteiger partial charge on any atom is -0.466 e. The van der Waals surface area contributed by atoms with Crippen LogP contribution in [0, 0.1) is 17.8 Å². The zero-order valence-corrected chi connectivity index (χ0v) is 14.0. The molecule has 22 heavy (non-hydrogen) atoms. The number of nitrogens with zero attached hydrogens (tertiary/aromatic N) is 1. The van der Waals surface area contributed by atoms with E-state index in [2.05, 4.69) is 28.8 Å². The Labute approximate surface area is 137 Å². The van der Waals surface area contributed by atoms with Gasteiger partial charge < -0.3 is 4.74 Å². The summed E-state index contributed by atoms with van der Waals surface area (Å²) < 4.78 is 10.7. The average Bonchev–Trinajstić information content (AvgIpc) is 3.23. The third-order valence-corrected chi connectivity index (χ3v) is 8.31. The lowest BCUT2D eigenvalue weighted by atomic mass is 9.85. The second kappa shape index (κ2) is 4.71. The highest BCUT2D eigenvalue weighted by Gasteiger charge is 2.64. The maximum atomic E-state index is 12.2. The maximum absolute atomic E-state index is 12.2. The zero-order chi connectivity index (χ0) is 14.8. The van der Waals surface area contributed by atoms with Gasteiger partial charge >= 0.3 is 5.97 Å². The van der Waals surface area contributed by atoms with Gasteiger partial charge in [-0.2, -0.15) is 4.57 Å². The van der Waals surface area contributed by atoms with Crippen LogP contribution in [0.4, 0.5) is 0 Å². The summed E-state index contributed by atoms with van der Waals surface area (Å²) in [7, 11) is 0. The number of benzene rings is 1. The number of thiazole rings is 1. The normalized spacial score (nSPS) is 34.9. The molecule has 2 bridgehead atoms. The van der Waals surface area contributed by atoms with Crippen molar-refractivity contribution in [3.63, 3.8) is 0 Å². The number of fused-ring (bicyclic) bond motifs is 9. The number of hydrogen-bond acceptors (Lipinski definition) is 4. The number of carbonyl (C=O) groups is 1. The summed E-state index contributed by atoms with van der Waals surface area (Å²) in [5.74, 6) is 1.32.